The number of hydrogen-bond donors (Lipinski definition) is 4. The van der Waals surface area contributed by atoms with Crippen molar-refractivity contribution in [2.24, 2.45) is 17.8 Å². The average molecular weight is 492 g/mol. The number of aliphatic hydroxyl groups excluding tert-OH is 1. The predicted molar refractivity (Wildman–Crippen MR) is 117 cm³/mol. The fraction of sp³-hybridized carbons (Fsp3) is 0.714. The fourth-order valence-electron chi connectivity index (χ4n) is 4.48. The number of hydrogen-bond acceptors (Lipinski definition) is 7. The van der Waals surface area contributed by atoms with Gasteiger partial charge in [0.2, 0.25) is 17.6 Å². The normalized spacial score (nSPS) is 27.4. The van der Waals surface area contributed by atoms with Crippen LogP contribution in [0.4, 0.5) is 8.78 Å². The fourth-order valence-corrected chi connectivity index (χ4v) is 4.84. The molecular weight excluding hydrogens is 460 g/mol. The average Bonchev–Trinajstić information content (AvgIpc) is 3.34. The second kappa shape index (κ2) is 10.5. The highest BCUT2D eigenvalue weighted by atomic mass is 32.1. The highest BCUT2D eigenvalue weighted by Gasteiger charge is 2.59. The maximum absolute atomic E-state index is 13.2. The molecular formula is C21H31F2N3O6S. The zero-order chi connectivity index (χ0) is 25.2. The quantitative estimate of drug-likeness (QED) is 0.306. The van der Waals surface area contributed by atoms with Gasteiger partial charge in [-0.1, -0.05) is 13.8 Å². The zero-order valence-corrected chi connectivity index (χ0v) is 19.9. The Labute approximate surface area is 196 Å². The zero-order valence-electron chi connectivity index (χ0n) is 19.0. The molecule has 186 valence electrons. The highest BCUT2D eigenvalue weighted by molar-refractivity contribution is 7.84. The van der Waals surface area contributed by atoms with E-state index in [4.69, 9.17) is 10.2 Å². The van der Waals surface area contributed by atoms with Crippen LogP contribution in [0.1, 0.15) is 33.1 Å². The van der Waals surface area contributed by atoms with E-state index in [2.05, 4.69) is 17.9 Å². The number of fused-ring (bicyclic) bond motifs is 1. The molecule has 5 atom stereocenters. The van der Waals surface area contributed by atoms with Gasteiger partial charge in [-0.15, -0.1) is 12.6 Å². The van der Waals surface area contributed by atoms with Crippen molar-refractivity contribution < 1.29 is 38.2 Å². The molecule has 3 aliphatic rings. The van der Waals surface area contributed by atoms with E-state index in [9.17, 15) is 28.0 Å². The Morgan fingerprint density at radius 2 is 1.94 bits per heavy atom. The Kier molecular flexibility index (Phi) is 8.63. The number of carbonyl (C=O) groups is 4. The van der Waals surface area contributed by atoms with Crippen LogP contribution in [-0.4, -0.2) is 88.8 Å². The number of β-lactam (4-membered cyclic amide) rings is 1. The number of aliphatic carboxylic acids is 1. The molecule has 0 bridgehead atoms. The molecule has 12 heteroatoms. The summed E-state index contributed by atoms with van der Waals surface area (Å²) in [7, 11) is 3.59. The third-order valence-electron chi connectivity index (χ3n) is 6.34. The highest BCUT2D eigenvalue weighted by Crippen LogP contribution is 2.50. The molecule has 2 fully saturated rings. The van der Waals surface area contributed by atoms with Gasteiger partial charge in [0.25, 0.3) is 0 Å². The van der Waals surface area contributed by atoms with Gasteiger partial charge in [-0.05, 0) is 25.3 Å². The molecule has 9 nitrogen and oxygen atoms in total. The van der Waals surface area contributed by atoms with Crippen molar-refractivity contribution in [2.45, 2.75) is 51.1 Å². The summed E-state index contributed by atoms with van der Waals surface area (Å²) in [6.45, 7) is 2.61. The van der Waals surface area contributed by atoms with Crippen LogP contribution in [0, 0.1) is 17.8 Å². The van der Waals surface area contributed by atoms with Gasteiger partial charge in [0.15, 0.2) is 0 Å². The van der Waals surface area contributed by atoms with E-state index in [1.54, 1.807) is 25.9 Å². The Morgan fingerprint density at radius 1 is 1.33 bits per heavy atom. The van der Waals surface area contributed by atoms with Gasteiger partial charge in [-0.3, -0.25) is 14.4 Å². The second-order valence-electron chi connectivity index (χ2n) is 8.90. The topological polar surface area (TPSA) is 127 Å². The second-order valence-corrected chi connectivity index (χ2v) is 9.38. The number of likely N-dealkylation sites (N-methyl/N-ethyl adjacent to an activating group) is 1. The lowest BCUT2D eigenvalue weighted by Crippen LogP contribution is -2.62. The minimum absolute atomic E-state index is 0.0926. The van der Waals surface area contributed by atoms with Crippen molar-refractivity contribution in [3.8, 4) is 0 Å². The number of alkyl halides is 2. The monoisotopic (exact) mass is 491 g/mol. The smallest absolute Gasteiger partial charge is 0.353 e. The molecule has 3 heterocycles. The lowest BCUT2D eigenvalue weighted by molar-refractivity contribution is -0.162. The molecule has 0 aromatic heterocycles. The summed E-state index contributed by atoms with van der Waals surface area (Å²) in [5, 5.41) is 20.8. The molecule has 0 aromatic rings. The van der Waals surface area contributed by atoms with Gasteiger partial charge in [-0.25, -0.2) is 4.79 Å². The van der Waals surface area contributed by atoms with Crippen molar-refractivity contribution in [1.82, 2.24) is 15.1 Å². The first-order valence-corrected chi connectivity index (χ1v) is 11.2. The summed E-state index contributed by atoms with van der Waals surface area (Å²) < 4.78 is 26.3. The van der Waals surface area contributed by atoms with Gasteiger partial charge >= 0.3 is 11.9 Å². The number of amides is 2. The molecule has 3 aliphatic heterocycles. The molecule has 0 radical (unpaired) electrons. The molecule has 0 unspecified atom stereocenters. The number of nitrogens with one attached hydrogen (secondary N) is 1. The Bertz CT molecular complexity index is 844. The number of Topliss-reactive ketones (excluding diaryl/α,β-unsaturated/α-hetero) is 1. The number of carbonyl (C=O) groups excluding carboxylic acids is 3. The molecule has 0 spiro atoms. The van der Waals surface area contributed by atoms with Crippen LogP contribution in [0.25, 0.3) is 0 Å². The van der Waals surface area contributed by atoms with Crippen molar-refractivity contribution in [1.29, 1.82) is 0 Å². The standard InChI is InChI=1S/C14H17F2NO5S.C7H14N2O/c1-5(3-7(19)14(15,16)4-18)8-9-6(2)11(23)10(13(21)22)17(9)12(8)20;1-9(2)7(10)6-4-3-5-8-6/h5-6,8-9,18,23H,3-4H2,1-2H3,(H,21,22);6,8H,3-5H2,1-2H3/t5-,6+,8+,9+;6-/m00/s1. The van der Waals surface area contributed by atoms with Crippen LogP contribution in [0.15, 0.2) is 10.6 Å². The van der Waals surface area contributed by atoms with Crippen LogP contribution in [0.2, 0.25) is 0 Å². The summed E-state index contributed by atoms with van der Waals surface area (Å²) >= 11 is 4.15. The summed E-state index contributed by atoms with van der Waals surface area (Å²) in [6, 6.07) is -0.401. The summed E-state index contributed by atoms with van der Waals surface area (Å²) in [5.41, 5.74) is -0.189. The van der Waals surface area contributed by atoms with Crippen molar-refractivity contribution in [3.05, 3.63) is 10.6 Å². The van der Waals surface area contributed by atoms with Gasteiger partial charge in [0.05, 0.1) is 18.0 Å². The molecule has 33 heavy (non-hydrogen) atoms. The number of rotatable bonds is 7. The van der Waals surface area contributed by atoms with E-state index in [0.29, 0.717) is 0 Å². The van der Waals surface area contributed by atoms with Crippen LogP contribution in [0.5, 0.6) is 0 Å². The van der Waals surface area contributed by atoms with Gasteiger partial charge in [0, 0.05) is 31.3 Å². The van der Waals surface area contributed by atoms with Gasteiger partial charge in [-0.2, -0.15) is 8.78 Å². The largest absolute Gasteiger partial charge is 0.477 e. The van der Waals surface area contributed by atoms with E-state index in [-0.39, 0.29) is 28.5 Å². The SMILES string of the molecule is CN(C)C(=O)[C@@H]1CCCN1.C[C@@H](CC(=O)C(F)(F)CO)[C@H]1C(=O)N2C(C(=O)O)=C(S)[C@H](C)[C@H]12. The Morgan fingerprint density at radius 3 is 2.39 bits per heavy atom. The first-order valence-electron chi connectivity index (χ1n) is 10.7. The van der Waals surface area contributed by atoms with E-state index >= 15 is 0 Å². The minimum atomic E-state index is -3.83. The van der Waals surface area contributed by atoms with Crippen LogP contribution in [-0.2, 0) is 19.2 Å². The van der Waals surface area contributed by atoms with E-state index in [1.807, 2.05) is 0 Å². The lowest BCUT2D eigenvalue weighted by Gasteiger charge is -2.47. The molecule has 2 saturated heterocycles. The Balaban J connectivity index is 0.000000321. The first kappa shape index (κ1) is 27.2. The molecule has 0 saturated carbocycles. The van der Waals surface area contributed by atoms with Crippen molar-refractivity contribution >= 4 is 36.2 Å². The third-order valence-corrected chi connectivity index (χ3v) is 6.96. The molecule has 0 aliphatic carbocycles. The van der Waals surface area contributed by atoms with Crippen LogP contribution < -0.4 is 5.32 Å². The number of nitrogens with zero attached hydrogens (tertiary/aromatic N) is 2. The number of carboxylic acid groups (broad SMARTS) is 1. The maximum atomic E-state index is 13.2. The molecule has 0 aromatic carbocycles. The van der Waals surface area contributed by atoms with Crippen molar-refractivity contribution in [2.75, 3.05) is 27.2 Å². The number of halogens is 2. The Hall–Kier alpha value is -2.05. The van der Waals surface area contributed by atoms with Crippen LogP contribution >= 0.6 is 12.6 Å². The molecule has 2 amide bonds. The van der Waals surface area contributed by atoms with E-state index < -0.39 is 54.5 Å². The number of ketones is 1. The summed E-state index contributed by atoms with van der Waals surface area (Å²) in [5.74, 6) is -8.58. The lowest BCUT2D eigenvalue weighted by atomic mass is 9.73. The van der Waals surface area contributed by atoms with Gasteiger partial charge < -0.3 is 25.3 Å². The predicted octanol–water partition coefficient (Wildman–Crippen LogP) is 0.739. The first-order chi connectivity index (χ1) is 15.3. The maximum Gasteiger partial charge on any atom is 0.353 e. The number of aliphatic hydroxyl groups is 1. The minimum Gasteiger partial charge on any atom is -0.477 e. The molecule has 3 N–H and O–H groups in total. The van der Waals surface area contributed by atoms with Crippen molar-refractivity contribution in [3.63, 3.8) is 0 Å². The number of thiol groups is 1. The molecule has 3 rings (SSSR count). The summed E-state index contributed by atoms with van der Waals surface area (Å²) in [6.07, 6.45) is 1.56. The van der Waals surface area contributed by atoms with E-state index in [0.717, 1.165) is 24.3 Å². The number of carboxylic acids is 1. The third kappa shape index (κ3) is 5.38. The van der Waals surface area contributed by atoms with Gasteiger partial charge in [0.1, 0.15) is 12.3 Å². The van der Waals surface area contributed by atoms with Crippen LogP contribution in [0.3, 0.4) is 0 Å². The summed E-state index contributed by atoms with van der Waals surface area (Å²) in [4.78, 5) is 49.2. The van der Waals surface area contributed by atoms with E-state index in [1.165, 1.54) is 6.92 Å².